The molecule has 171 valence electrons. The molecule has 0 aliphatic carbocycles. The van der Waals surface area contributed by atoms with E-state index in [9.17, 15) is 10.0 Å². The number of nitrogens with zero attached hydrogens (tertiary/aromatic N) is 1. The highest BCUT2D eigenvalue weighted by molar-refractivity contribution is 14.1. The van der Waals surface area contributed by atoms with Crippen LogP contribution in [0.25, 0.3) is 0 Å². The molecule has 1 unspecified atom stereocenters. The number of carbonyl (C=O) groups is 1. The molecule has 1 atom stereocenters. The van der Waals surface area contributed by atoms with E-state index in [2.05, 4.69) is 0 Å². The smallest absolute Gasteiger partial charge is 0.318 e. The molecule has 1 saturated heterocycles. The lowest BCUT2D eigenvalue weighted by atomic mass is 9.80. The minimum absolute atomic E-state index is 0.0709. The molecule has 0 spiro atoms. The lowest BCUT2D eigenvalue weighted by Gasteiger charge is -2.49. The van der Waals surface area contributed by atoms with E-state index < -0.39 is 11.1 Å². The Bertz CT molecular complexity index is 456. The van der Waals surface area contributed by atoms with Crippen molar-refractivity contribution in [3.63, 3.8) is 0 Å². The van der Waals surface area contributed by atoms with Crippen molar-refractivity contribution in [1.29, 1.82) is 0 Å². The van der Waals surface area contributed by atoms with Crippen molar-refractivity contribution < 1.29 is 33.7 Å². The minimum Gasteiger partial charge on any atom is -0.462 e. The predicted molar refractivity (Wildman–Crippen MR) is 117 cm³/mol. The van der Waals surface area contributed by atoms with Crippen molar-refractivity contribution in [2.75, 3.05) is 52.9 Å². The van der Waals surface area contributed by atoms with Crippen LogP contribution in [-0.4, -0.2) is 85.0 Å². The van der Waals surface area contributed by atoms with Crippen LogP contribution in [-0.2, 0) is 33.7 Å². The molecule has 0 aromatic rings. The summed E-state index contributed by atoms with van der Waals surface area (Å²) in [5, 5.41) is 13.5. The van der Waals surface area contributed by atoms with Gasteiger partial charge >= 0.3 is 5.97 Å². The highest BCUT2D eigenvalue weighted by Crippen LogP contribution is 2.38. The lowest BCUT2D eigenvalue weighted by Crippen LogP contribution is -2.59. The van der Waals surface area contributed by atoms with Gasteiger partial charge in [-0.05, 0) is 47.5 Å². The maximum atomic E-state index is 12.3. The topological polar surface area (TPSA) is 86.4 Å². The van der Waals surface area contributed by atoms with E-state index in [-0.39, 0.29) is 22.6 Å². The van der Waals surface area contributed by atoms with E-state index >= 15 is 0 Å². The van der Waals surface area contributed by atoms with Gasteiger partial charge in [0.1, 0.15) is 10.5 Å². The summed E-state index contributed by atoms with van der Waals surface area (Å²) in [5.41, 5.74) is -0.835. The van der Waals surface area contributed by atoms with Gasteiger partial charge in [-0.1, -0.05) is 22.6 Å². The third-order valence-electron chi connectivity index (χ3n) is 4.68. The normalized spacial score (nSPS) is 20.5. The van der Waals surface area contributed by atoms with Crippen LogP contribution < -0.4 is 0 Å². The molecule has 1 radical (unpaired) electrons. The molecule has 0 saturated carbocycles. The number of piperidine rings is 1. The van der Waals surface area contributed by atoms with Crippen LogP contribution in [0, 0.1) is 0 Å². The number of carbonyl (C=O) groups excluding carboxylic acids is 1. The van der Waals surface area contributed by atoms with Gasteiger partial charge in [0.05, 0.1) is 52.4 Å². The molecule has 8 nitrogen and oxygen atoms in total. The number of hydroxylamine groups is 2. The van der Waals surface area contributed by atoms with Gasteiger partial charge in [0.15, 0.2) is 0 Å². The third-order valence-corrected chi connectivity index (χ3v) is 5.18. The quantitative estimate of drug-likeness (QED) is 0.148. The summed E-state index contributed by atoms with van der Waals surface area (Å²) in [6.45, 7) is 13.2. The number of hydrogen-bond donors (Lipinski definition) is 0. The Morgan fingerprint density at radius 1 is 0.897 bits per heavy atom. The van der Waals surface area contributed by atoms with E-state index in [0.29, 0.717) is 46.2 Å². The Hall–Kier alpha value is -0.0400. The predicted octanol–water partition coefficient (Wildman–Crippen LogP) is 2.79. The van der Waals surface area contributed by atoms with Gasteiger partial charge in [0.2, 0.25) is 0 Å². The first-order valence-corrected chi connectivity index (χ1v) is 11.4. The third kappa shape index (κ3) is 10.7. The summed E-state index contributed by atoms with van der Waals surface area (Å²) in [6, 6.07) is 0. The molecular weight excluding hydrogens is 493 g/mol. The second-order valence-corrected chi connectivity index (χ2v) is 10.3. The van der Waals surface area contributed by atoms with Gasteiger partial charge in [0.25, 0.3) is 0 Å². The maximum Gasteiger partial charge on any atom is 0.318 e. The molecule has 1 fully saturated rings. The van der Waals surface area contributed by atoms with Crippen LogP contribution in [0.5, 0.6) is 0 Å². The molecule has 29 heavy (non-hydrogen) atoms. The largest absolute Gasteiger partial charge is 0.462 e. The first-order chi connectivity index (χ1) is 13.6. The minimum atomic E-state index is -0.418. The number of alkyl halides is 1. The SMILES string of the molecule is CC(I)C(=O)OCCOCCOCCOCCOC1CC(C)(C)N([O])C(C)(C)C1. The van der Waals surface area contributed by atoms with Gasteiger partial charge in [-0.2, -0.15) is 0 Å². The van der Waals surface area contributed by atoms with Crippen molar-refractivity contribution in [3.8, 4) is 0 Å². The van der Waals surface area contributed by atoms with Crippen LogP contribution in [0.15, 0.2) is 0 Å². The zero-order valence-electron chi connectivity index (χ0n) is 18.4. The molecule has 1 aliphatic heterocycles. The Labute approximate surface area is 188 Å². The van der Waals surface area contributed by atoms with Gasteiger partial charge in [-0.3, -0.25) is 4.79 Å². The molecule has 9 heteroatoms. The monoisotopic (exact) mass is 530 g/mol. The van der Waals surface area contributed by atoms with Gasteiger partial charge in [-0.25, -0.2) is 0 Å². The van der Waals surface area contributed by atoms with Gasteiger partial charge in [0, 0.05) is 11.1 Å². The fourth-order valence-electron chi connectivity index (χ4n) is 3.42. The standard InChI is InChI=1S/C20H37INO7/c1-16(21)18(23)29-13-11-27-9-7-25-6-8-26-10-12-28-17-14-19(2,3)22(24)20(4,5)15-17/h16-17H,6-15H2,1-5H3. The summed E-state index contributed by atoms with van der Waals surface area (Å²) in [4.78, 5) is 11.2. The van der Waals surface area contributed by atoms with E-state index in [0.717, 1.165) is 12.8 Å². The van der Waals surface area contributed by atoms with Crippen molar-refractivity contribution in [2.45, 2.75) is 68.6 Å². The number of rotatable bonds is 14. The Morgan fingerprint density at radius 3 is 1.76 bits per heavy atom. The summed E-state index contributed by atoms with van der Waals surface area (Å²) in [7, 11) is 0. The first-order valence-electron chi connectivity index (χ1n) is 10.2. The second-order valence-electron chi connectivity index (χ2n) is 8.44. The highest BCUT2D eigenvalue weighted by atomic mass is 127. The summed E-state index contributed by atoms with van der Waals surface area (Å²) >= 11 is 2.01. The lowest BCUT2D eigenvalue weighted by molar-refractivity contribution is -0.301. The average molecular weight is 530 g/mol. The molecule has 0 aromatic carbocycles. The summed E-state index contributed by atoms with van der Waals surface area (Å²) in [6.07, 6.45) is 1.51. The molecule has 0 amide bonds. The van der Waals surface area contributed by atoms with Crippen LogP contribution in [0.3, 0.4) is 0 Å². The Kier molecular flexibility index (Phi) is 12.5. The van der Waals surface area contributed by atoms with E-state index in [1.54, 1.807) is 6.92 Å². The fraction of sp³-hybridized carbons (Fsp3) is 0.950. The van der Waals surface area contributed by atoms with Crippen LogP contribution in [0.2, 0.25) is 0 Å². The van der Waals surface area contributed by atoms with Crippen molar-refractivity contribution in [1.82, 2.24) is 5.06 Å². The Balaban J connectivity index is 1.93. The van der Waals surface area contributed by atoms with Gasteiger partial charge < -0.3 is 23.7 Å². The molecule has 0 aromatic heterocycles. The summed E-state index contributed by atoms with van der Waals surface area (Å²) < 4.78 is 27.0. The van der Waals surface area contributed by atoms with Gasteiger partial charge in [-0.15, -0.1) is 10.3 Å². The van der Waals surface area contributed by atoms with E-state index in [1.807, 2.05) is 50.3 Å². The molecule has 1 aliphatic rings. The van der Waals surface area contributed by atoms with Crippen LogP contribution in [0.1, 0.15) is 47.5 Å². The fourth-order valence-corrected chi connectivity index (χ4v) is 3.60. The maximum absolute atomic E-state index is 12.3. The molecular formula is C20H37INO7. The highest BCUT2D eigenvalue weighted by Gasteiger charge is 2.46. The molecule has 1 rings (SSSR count). The zero-order chi connectivity index (χ0) is 21.9. The van der Waals surface area contributed by atoms with E-state index in [1.165, 1.54) is 5.06 Å². The number of esters is 1. The zero-order valence-corrected chi connectivity index (χ0v) is 20.6. The molecule has 0 bridgehead atoms. The first kappa shape index (κ1) is 27.0. The van der Waals surface area contributed by atoms with Crippen LogP contribution in [0.4, 0.5) is 0 Å². The van der Waals surface area contributed by atoms with Crippen molar-refractivity contribution in [2.24, 2.45) is 0 Å². The number of halogens is 1. The Morgan fingerprint density at radius 2 is 1.31 bits per heavy atom. The molecule has 1 heterocycles. The number of ether oxygens (including phenoxy) is 5. The average Bonchev–Trinajstić information content (AvgIpc) is 2.62. The molecule has 0 N–H and O–H groups in total. The summed E-state index contributed by atoms with van der Waals surface area (Å²) in [5.74, 6) is -0.227. The second kappa shape index (κ2) is 13.4. The van der Waals surface area contributed by atoms with Crippen LogP contribution >= 0.6 is 22.6 Å². The van der Waals surface area contributed by atoms with Crippen molar-refractivity contribution in [3.05, 3.63) is 0 Å². The number of hydrogen-bond acceptors (Lipinski definition) is 7. The van der Waals surface area contributed by atoms with E-state index in [4.69, 9.17) is 23.7 Å². The van der Waals surface area contributed by atoms with Crippen molar-refractivity contribution >= 4 is 28.6 Å².